The first-order valence-corrected chi connectivity index (χ1v) is 17.2. The van der Waals surface area contributed by atoms with Crippen molar-refractivity contribution < 1.29 is 24.2 Å². The molecule has 236 valence electrons. The third kappa shape index (κ3) is 29.4. The number of unbranched alkanes of at least 4 members (excludes halogenated alkanes) is 20. The number of carbonyl (C=O) groups is 3. The van der Waals surface area contributed by atoms with Crippen LogP contribution in [-0.2, 0) is 19.1 Å². The van der Waals surface area contributed by atoms with Crippen LogP contribution in [-0.4, -0.2) is 35.6 Å². The molecule has 0 radical (unpaired) electrons. The molecule has 0 rings (SSSR count). The quantitative estimate of drug-likeness (QED) is 0.0642. The van der Waals surface area contributed by atoms with E-state index < -0.39 is 5.97 Å². The van der Waals surface area contributed by atoms with Crippen LogP contribution in [0.15, 0.2) is 0 Å². The lowest BCUT2D eigenvalue weighted by atomic mass is 10.0. The van der Waals surface area contributed by atoms with Crippen molar-refractivity contribution in [3.05, 3.63) is 0 Å². The number of carboxylic acid groups (broad SMARTS) is 1. The fraction of sp³-hybridized carbons (Fsp3) is 0.912. The first-order valence-electron chi connectivity index (χ1n) is 17.2. The van der Waals surface area contributed by atoms with E-state index in [0.717, 1.165) is 64.2 Å². The monoisotopic (exact) mass is 567 g/mol. The summed E-state index contributed by atoms with van der Waals surface area (Å²) in [6, 6.07) is 0. The van der Waals surface area contributed by atoms with E-state index in [1.807, 2.05) is 0 Å². The average Bonchev–Trinajstić information content (AvgIpc) is 2.93. The minimum atomic E-state index is -1.01. The van der Waals surface area contributed by atoms with E-state index in [-0.39, 0.29) is 24.5 Å². The van der Waals surface area contributed by atoms with E-state index in [0.29, 0.717) is 12.8 Å². The Morgan fingerprint density at radius 2 is 0.925 bits per heavy atom. The number of hydrogen-bond donors (Lipinski definition) is 2. The van der Waals surface area contributed by atoms with E-state index >= 15 is 0 Å². The molecular weight excluding hydrogens is 502 g/mol. The zero-order valence-electron chi connectivity index (χ0n) is 26.5. The third-order valence-corrected chi connectivity index (χ3v) is 7.78. The maximum Gasteiger partial charge on any atom is 0.322 e. The molecule has 0 heterocycles. The summed E-state index contributed by atoms with van der Waals surface area (Å²) in [6.07, 6.45) is 30.7. The highest BCUT2D eigenvalue weighted by Gasteiger charge is 2.14. The molecule has 0 saturated carbocycles. The van der Waals surface area contributed by atoms with Crippen molar-refractivity contribution in [3.63, 3.8) is 0 Å². The molecule has 6 heteroatoms. The molecule has 2 N–H and O–H groups in total. The van der Waals surface area contributed by atoms with Crippen LogP contribution < -0.4 is 5.32 Å². The van der Waals surface area contributed by atoms with E-state index in [4.69, 9.17) is 9.84 Å². The van der Waals surface area contributed by atoms with Crippen molar-refractivity contribution in [2.24, 2.45) is 0 Å². The van der Waals surface area contributed by atoms with Crippen LogP contribution in [0.1, 0.15) is 187 Å². The summed E-state index contributed by atoms with van der Waals surface area (Å²) in [5.74, 6) is -1.22. The van der Waals surface area contributed by atoms with Gasteiger partial charge in [-0.2, -0.15) is 0 Å². The van der Waals surface area contributed by atoms with Gasteiger partial charge < -0.3 is 15.2 Å². The Balaban J connectivity index is 4.14. The number of rotatable bonds is 31. The molecule has 40 heavy (non-hydrogen) atoms. The van der Waals surface area contributed by atoms with E-state index in [1.54, 1.807) is 0 Å². The second-order valence-electron chi connectivity index (χ2n) is 11.8. The Morgan fingerprint density at radius 3 is 1.35 bits per heavy atom. The van der Waals surface area contributed by atoms with E-state index in [2.05, 4.69) is 19.2 Å². The zero-order chi connectivity index (χ0) is 29.5. The molecule has 1 amide bonds. The van der Waals surface area contributed by atoms with Gasteiger partial charge in [0.25, 0.3) is 0 Å². The van der Waals surface area contributed by atoms with Crippen molar-refractivity contribution in [1.29, 1.82) is 0 Å². The summed E-state index contributed by atoms with van der Waals surface area (Å²) < 4.78 is 5.96. The first-order chi connectivity index (χ1) is 19.5. The zero-order valence-corrected chi connectivity index (χ0v) is 26.5. The molecule has 6 nitrogen and oxygen atoms in total. The van der Waals surface area contributed by atoms with Crippen LogP contribution in [0, 0.1) is 0 Å². The second kappa shape index (κ2) is 30.4. The van der Waals surface area contributed by atoms with Gasteiger partial charge in [-0.15, -0.1) is 0 Å². The van der Waals surface area contributed by atoms with Gasteiger partial charge in [0.2, 0.25) is 5.91 Å². The summed E-state index contributed by atoms with van der Waals surface area (Å²) in [7, 11) is 0. The minimum absolute atomic E-state index is 0.0174. The van der Waals surface area contributed by atoms with Gasteiger partial charge in [-0.1, -0.05) is 136 Å². The maximum absolute atomic E-state index is 12.6. The number of ether oxygens (including phenoxy) is 1. The lowest BCUT2D eigenvalue weighted by molar-refractivity contribution is -0.150. The fourth-order valence-electron chi connectivity index (χ4n) is 5.22. The van der Waals surface area contributed by atoms with Crippen LogP contribution in [0.5, 0.6) is 0 Å². The van der Waals surface area contributed by atoms with Crippen molar-refractivity contribution in [3.8, 4) is 0 Å². The minimum Gasteiger partial charge on any atom is -0.480 e. The highest BCUT2D eigenvalue weighted by molar-refractivity contribution is 5.80. The van der Waals surface area contributed by atoms with Gasteiger partial charge in [0.05, 0.1) is 0 Å². The Labute approximate surface area is 247 Å². The van der Waals surface area contributed by atoms with Crippen molar-refractivity contribution in [2.75, 3.05) is 6.54 Å². The largest absolute Gasteiger partial charge is 0.480 e. The standard InChI is InChI=1S/C34H65NO5/c1-3-5-7-9-11-13-15-18-22-26-31(27-23-19-17-20-24-28-32(36)35-30-33(37)38)40-34(39)29-25-21-16-14-12-10-8-6-4-2/h31H,3-30H2,1-2H3,(H,35,36)(H,37,38). The van der Waals surface area contributed by atoms with Gasteiger partial charge in [0, 0.05) is 12.8 Å². The Morgan fingerprint density at radius 1 is 0.550 bits per heavy atom. The van der Waals surface area contributed by atoms with Crippen LogP contribution in [0.4, 0.5) is 0 Å². The van der Waals surface area contributed by atoms with Gasteiger partial charge in [0.1, 0.15) is 12.6 Å². The third-order valence-electron chi connectivity index (χ3n) is 7.78. The molecule has 0 aromatic carbocycles. The fourth-order valence-corrected chi connectivity index (χ4v) is 5.22. The molecule has 1 unspecified atom stereocenters. The summed E-state index contributed by atoms with van der Waals surface area (Å²) >= 11 is 0. The number of carbonyl (C=O) groups excluding carboxylic acids is 2. The normalized spacial score (nSPS) is 11.8. The number of amides is 1. The predicted molar refractivity (Wildman–Crippen MR) is 167 cm³/mol. The van der Waals surface area contributed by atoms with Crippen molar-refractivity contribution in [2.45, 2.75) is 193 Å². The first kappa shape index (κ1) is 38.4. The maximum atomic E-state index is 12.6. The molecule has 0 aromatic heterocycles. The molecule has 0 aromatic rings. The topological polar surface area (TPSA) is 92.7 Å². The summed E-state index contributed by atoms with van der Waals surface area (Å²) in [5, 5.41) is 11.0. The SMILES string of the molecule is CCCCCCCCCCCC(=O)OC(CCCCCCCCCCC)CCCCCCCC(=O)NCC(=O)O. The summed E-state index contributed by atoms with van der Waals surface area (Å²) in [5.41, 5.74) is 0. The molecule has 0 spiro atoms. The number of esters is 1. The number of carboxylic acids is 1. The molecular formula is C34H65NO5. The van der Waals surface area contributed by atoms with Gasteiger partial charge >= 0.3 is 11.9 Å². The molecule has 0 saturated heterocycles. The van der Waals surface area contributed by atoms with Crippen LogP contribution in [0.2, 0.25) is 0 Å². The molecule has 0 aliphatic rings. The van der Waals surface area contributed by atoms with Gasteiger partial charge in [0.15, 0.2) is 0 Å². The van der Waals surface area contributed by atoms with Crippen molar-refractivity contribution in [1.82, 2.24) is 5.32 Å². The highest BCUT2D eigenvalue weighted by atomic mass is 16.5. The summed E-state index contributed by atoms with van der Waals surface area (Å²) in [6.45, 7) is 4.20. The predicted octanol–water partition coefficient (Wildman–Crippen LogP) is 9.67. The average molecular weight is 568 g/mol. The second-order valence-corrected chi connectivity index (χ2v) is 11.8. The Hall–Kier alpha value is -1.59. The van der Waals surface area contributed by atoms with E-state index in [1.165, 1.54) is 96.3 Å². The van der Waals surface area contributed by atoms with Crippen molar-refractivity contribution >= 4 is 17.8 Å². The van der Waals surface area contributed by atoms with Gasteiger partial charge in [-0.25, -0.2) is 0 Å². The van der Waals surface area contributed by atoms with Crippen LogP contribution >= 0.6 is 0 Å². The lowest BCUT2D eigenvalue weighted by Gasteiger charge is -2.18. The molecule has 0 fully saturated rings. The van der Waals surface area contributed by atoms with E-state index in [9.17, 15) is 14.4 Å². The Kier molecular flexibility index (Phi) is 29.2. The Bertz CT molecular complexity index is 595. The molecule has 0 aliphatic heterocycles. The van der Waals surface area contributed by atoms with Crippen LogP contribution in [0.25, 0.3) is 0 Å². The van der Waals surface area contributed by atoms with Crippen LogP contribution in [0.3, 0.4) is 0 Å². The smallest absolute Gasteiger partial charge is 0.322 e. The number of aliphatic carboxylic acids is 1. The van der Waals surface area contributed by atoms with Gasteiger partial charge in [-0.3, -0.25) is 14.4 Å². The molecule has 0 aliphatic carbocycles. The summed E-state index contributed by atoms with van der Waals surface area (Å²) in [4.78, 5) is 34.7. The van der Waals surface area contributed by atoms with Gasteiger partial charge in [-0.05, 0) is 38.5 Å². The molecule has 1 atom stereocenters. The number of hydrogen-bond acceptors (Lipinski definition) is 4. The number of nitrogens with one attached hydrogen (secondary N) is 1. The highest BCUT2D eigenvalue weighted by Crippen LogP contribution is 2.19. The lowest BCUT2D eigenvalue weighted by Crippen LogP contribution is -2.28. The molecule has 0 bridgehead atoms.